The van der Waals surface area contributed by atoms with Crippen LogP contribution < -0.4 is 10.2 Å². The van der Waals surface area contributed by atoms with Crippen LogP contribution in [0.25, 0.3) is 11.4 Å². The topological polar surface area (TPSA) is 125 Å². The fourth-order valence-electron chi connectivity index (χ4n) is 3.50. The van der Waals surface area contributed by atoms with Crippen LogP contribution in [0.15, 0.2) is 100 Å². The number of allylic oxidation sites excluding steroid dienone is 1. The second kappa shape index (κ2) is 13.5. The van der Waals surface area contributed by atoms with E-state index < -0.39 is 4.92 Å². The number of halogens is 1. The molecule has 0 aliphatic heterocycles. The van der Waals surface area contributed by atoms with E-state index in [0.29, 0.717) is 41.0 Å². The van der Waals surface area contributed by atoms with Gasteiger partial charge in [0.05, 0.1) is 16.9 Å². The summed E-state index contributed by atoms with van der Waals surface area (Å²) in [4.78, 5) is 23.2. The minimum absolute atomic E-state index is 0.0303. The molecule has 0 fully saturated rings. The molecule has 39 heavy (non-hydrogen) atoms. The summed E-state index contributed by atoms with van der Waals surface area (Å²) >= 11 is 4.63. The van der Waals surface area contributed by atoms with Crippen molar-refractivity contribution in [3.8, 4) is 17.1 Å². The van der Waals surface area contributed by atoms with Gasteiger partial charge in [0, 0.05) is 34.3 Å². The van der Waals surface area contributed by atoms with E-state index in [9.17, 15) is 14.9 Å². The molecule has 1 aromatic heterocycles. The number of benzene rings is 3. The van der Waals surface area contributed by atoms with Gasteiger partial charge in [-0.25, -0.2) is 5.43 Å². The number of carbonyl (C=O) groups excluding carboxylic acids is 1. The molecule has 3 aromatic carbocycles. The minimum Gasteiger partial charge on any atom is -0.488 e. The van der Waals surface area contributed by atoms with E-state index in [1.54, 1.807) is 22.8 Å². The molecule has 0 atom stereocenters. The summed E-state index contributed by atoms with van der Waals surface area (Å²) in [6, 6.07) is 21.4. The Morgan fingerprint density at radius 1 is 1.15 bits per heavy atom. The lowest BCUT2D eigenvalue weighted by molar-refractivity contribution is -0.384. The number of non-ortho nitro benzene ring substituents is 1. The third-order valence-corrected chi connectivity index (χ3v) is 6.73. The van der Waals surface area contributed by atoms with Crippen molar-refractivity contribution in [2.75, 3.05) is 5.75 Å². The number of hydrogen-bond donors (Lipinski definition) is 1. The summed E-state index contributed by atoms with van der Waals surface area (Å²) < 4.78 is 8.66. The average Bonchev–Trinajstić information content (AvgIpc) is 3.34. The van der Waals surface area contributed by atoms with Gasteiger partial charge < -0.3 is 4.74 Å². The molecule has 4 aromatic rings. The molecule has 198 valence electrons. The number of aromatic nitrogens is 3. The number of hydrazone groups is 1. The van der Waals surface area contributed by atoms with Gasteiger partial charge in [-0.15, -0.1) is 16.8 Å². The van der Waals surface area contributed by atoms with Crippen LogP contribution in [0.2, 0.25) is 0 Å². The van der Waals surface area contributed by atoms with E-state index in [-0.39, 0.29) is 17.3 Å². The van der Waals surface area contributed by atoms with Crippen LogP contribution in [-0.2, 0) is 17.9 Å². The summed E-state index contributed by atoms with van der Waals surface area (Å²) in [5.74, 6) is 0.770. The maximum Gasteiger partial charge on any atom is 0.270 e. The number of rotatable bonds is 12. The number of thioether (sulfide) groups is 1. The molecule has 10 nitrogen and oxygen atoms in total. The summed E-state index contributed by atoms with van der Waals surface area (Å²) in [5.41, 5.74) is 4.74. The molecule has 0 aliphatic carbocycles. The monoisotopic (exact) mass is 606 g/mol. The highest BCUT2D eigenvalue weighted by Crippen LogP contribution is 2.26. The largest absolute Gasteiger partial charge is 0.488 e. The number of nitrogens with zero attached hydrogens (tertiary/aromatic N) is 5. The molecule has 0 aliphatic rings. The van der Waals surface area contributed by atoms with Crippen molar-refractivity contribution in [3.63, 3.8) is 0 Å². The highest BCUT2D eigenvalue weighted by atomic mass is 79.9. The zero-order valence-electron chi connectivity index (χ0n) is 20.6. The molecule has 1 heterocycles. The summed E-state index contributed by atoms with van der Waals surface area (Å²) in [6.45, 7) is 4.51. The number of nitro groups is 1. The van der Waals surface area contributed by atoms with E-state index in [4.69, 9.17) is 4.74 Å². The lowest BCUT2D eigenvalue weighted by Gasteiger charge is -2.09. The van der Waals surface area contributed by atoms with E-state index in [1.807, 2.05) is 48.5 Å². The Bertz CT molecular complexity index is 1520. The van der Waals surface area contributed by atoms with Crippen LogP contribution >= 0.6 is 27.7 Å². The highest BCUT2D eigenvalue weighted by molar-refractivity contribution is 9.10. The zero-order chi connectivity index (χ0) is 27.6. The van der Waals surface area contributed by atoms with Crippen LogP contribution in [-0.4, -0.2) is 37.6 Å². The number of hydrogen-bond acceptors (Lipinski definition) is 8. The molecule has 0 bridgehead atoms. The van der Waals surface area contributed by atoms with Crippen LogP contribution in [0.3, 0.4) is 0 Å². The first kappa shape index (κ1) is 27.7. The molecule has 1 amide bonds. The number of ether oxygens (including phenoxy) is 1. The van der Waals surface area contributed by atoms with Crippen LogP contribution in [0, 0.1) is 10.1 Å². The van der Waals surface area contributed by atoms with Crippen molar-refractivity contribution >= 4 is 45.5 Å². The Balaban J connectivity index is 1.36. The first-order valence-electron chi connectivity index (χ1n) is 11.6. The van der Waals surface area contributed by atoms with Crippen molar-refractivity contribution in [2.45, 2.75) is 18.3 Å². The fourth-order valence-corrected chi connectivity index (χ4v) is 4.69. The van der Waals surface area contributed by atoms with Gasteiger partial charge in [-0.3, -0.25) is 19.5 Å². The molecule has 12 heteroatoms. The number of para-hydroxylation sites is 1. The second-order valence-electron chi connectivity index (χ2n) is 8.05. The summed E-state index contributed by atoms with van der Waals surface area (Å²) in [6.07, 6.45) is 3.19. The van der Waals surface area contributed by atoms with Gasteiger partial charge in [-0.2, -0.15) is 5.10 Å². The first-order chi connectivity index (χ1) is 18.9. The number of nitro benzene ring substituents is 1. The predicted molar refractivity (Wildman–Crippen MR) is 154 cm³/mol. The molecular weight excluding hydrogens is 584 g/mol. The standard InChI is InChI=1S/C27H23BrN6O4S/c1-2-13-33-26(20-9-6-11-23(15-20)34(36)37)31-32-27(33)39-18-25(35)30-29-16-21-8-3-4-12-24(21)38-17-19-7-5-10-22(28)14-19/h2-12,14-16H,1,13,17-18H2,(H,30,35)/b29-16+. The van der Waals surface area contributed by atoms with Crippen molar-refractivity contribution in [1.29, 1.82) is 0 Å². The molecule has 0 saturated heterocycles. The SMILES string of the molecule is C=CCn1c(SCC(=O)N/N=C/c2ccccc2OCc2cccc(Br)c2)nnc1-c1cccc([N+](=O)[O-])c1. The Hall–Kier alpha value is -4.29. The lowest BCUT2D eigenvalue weighted by atomic mass is 10.2. The van der Waals surface area contributed by atoms with E-state index in [1.165, 1.54) is 30.1 Å². The highest BCUT2D eigenvalue weighted by Gasteiger charge is 2.17. The average molecular weight is 607 g/mol. The maximum atomic E-state index is 12.5. The Morgan fingerprint density at radius 3 is 2.77 bits per heavy atom. The Kier molecular flexibility index (Phi) is 9.59. The lowest BCUT2D eigenvalue weighted by Crippen LogP contribution is -2.20. The quantitative estimate of drug-likeness (QED) is 0.0729. The second-order valence-corrected chi connectivity index (χ2v) is 9.91. The third kappa shape index (κ3) is 7.62. The summed E-state index contributed by atoms with van der Waals surface area (Å²) in [5, 5.41) is 24.1. The molecule has 4 rings (SSSR count). The van der Waals surface area contributed by atoms with Crippen LogP contribution in [0.4, 0.5) is 5.69 Å². The normalized spacial score (nSPS) is 10.9. The van der Waals surface area contributed by atoms with Gasteiger partial charge >= 0.3 is 0 Å². The Labute approximate surface area is 237 Å². The third-order valence-electron chi connectivity index (χ3n) is 5.27. The fraction of sp³-hybridized carbons (Fsp3) is 0.111. The number of nitrogens with one attached hydrogen (secondary N) is 1. The van der Waals surface area contributed by atoms with Gasteiger partial charge in [0.1, 0.15) is 12.4 Å². The molecule has 0 saturated carbocycles. The van der Waals surface area contributed by atoms with Crippen molar-refractivity contribution < 1.29 is 14.5 Å². The smallest absolute Gasteiger partial charge is 0.270 e. The van der Waals surface area contributed by atoms with Gasteiger partial charge in [-0.1, -0.05) is 70.2 Å². The molecule has 0 spiro atoms. The first-order valence-corrected chi connectivity index (χ1v) is 13.4. The van der Waals surface area contributed by atoms with Crippen molar-refractivity contribution in [1.82, 2.24) is 20.2 Å². The summed E-state index contributed by atoms with van der Waals surface area (Å²) in [7, 11) is 0. The van der Waals surface area contributed by atoms with Crippen LogP contribution in [0.5, 0.6) is 5.75 Å². The molecule has 0 unspecified atom stereocenters. The minimum atomic E-state index is -0.467. The molecule has 0 radical (unpaired) electrons. The van der Waals surface area contributed by atoms with Crippen molar-refractivity contribution in [2.24, 2.45) is 5.10 Å². The van der Waals surface area contributed by atoms with Gasteiger partial charge in [0.2, 0.25) is 0 Å². The number of carbonyl (C=O) groups is 1. The Morgan fingerprint density at radius 2 is 1.97 bits per heavy atom. The number of amides is 1. The van der Waals surface area contributed by atoms with Gasteiger partial charge in [0.25, 0.3) is 11.6 Å². The van der Waals surface area contributed by atoms with E-state index in [2.05, 4.69) is 43.2 Å². The zero-order valence-corrected chi connectivity index (χ0v) is 23.0. The molecule has 1 N–H and O–H groups in total. The van der Waals surface area contributed by atoms with Crippen molar-refractivity contribution in [3.05, 3.63) is 111 Å². The maximum absolute atomic E-state index is 12.5. The van der Waals surface area contributed by atoms with Gasteiger partial charge in [-0.05, 0) is 29.8 Å². The van der Waals surface area contributed by atoms with E-state index >= 15 is 0 Å². The molecular formula is C27H23BrN6O4S. The van der Waals surface area contributed by atoms with E-state index in [0.717, 1.165) is 10.0 Å². The van der Waals surface area contributed by atoms with Gasteiger partial charge in [0.15, 0.2) is 11.0 Å². The predicted octanol–water partition coefficient (Wildman–Crippen LogP) is 5.62. The van der Waals surface area contributed by atoms with Crippen LogP contribution in [0.1, 0.15) is 11.1 Å².